The van der Waals surface area contributed by atoms with Gasteiger partial charge in [-0.05, 0) is 24.6 Å². The third-order valence-corrected chi connectivity index (χ3v) is 4.28. The summed E-state index contributed by atoms with van der Waals surface area (Å²) in [5.74, 6) is -1.13. The molecule has 1 aromatic carbocycles. The van der Waals surface area contributed by atoms with Crippen LogP contribution < -0.4 is 10.1 Å². The van der Waals surface area contributed by atoms with Crippen LogP contribution in [0, 0.1) is 0 Å². The van der Waals surface area contributed by atoms with Crippen molar-refractivity contribution < 1.29 is 27.9 Å². The maximum atomic E-state index is 12.9. The van der Waals surface area contributed by atoms with Gasteiger partial charge in [-0.3, -0.25) is 14.5 Å². The maximum Gasteiger partial charge on any atom is 0.387 e. The predicted molar refractivity (Wildman–Crippen MR) is 97.6 cm³/mol. The molecule has 1 atom stereocenters. The lowest BCUT2D eigenvalue weighted by atomic mass is 9.92. The van der Waals surface area contributed by atoms with E-state index in [0.717, 1.165) is 4.90 Å². The van der Waals surface area contributed by atoms with Crippen LogP contribution in [-0.4, -0.2) is 53.9 Å². The highest BCUT2D eigenvalue weighted by Gasteiger charge is 2.49. The highest BCUT2D eigenvalue weighted by atomic mass is 19.3. The quantitative estimate of drug-likeness (QED) is 0.516. The first-order chi connectivity index (χ1) is 13.2. The smallest absolute Gasteiger partial charge is 0.387 e. The lowest BCUT2D eigenvalue weighted by Crippen LogP contribution is -2.44. The highest BCUT2D eigenvalue weighted by Crippen LogP contribution is 2.30. The Balaban J connectivity index is 2.18. The molecule has 2 rings (SSSR count). The summed E-state index contributed by atoms with van der Waals surface area (Å²) in [6, 6.07) is 4.64. The number of alkyl halides is 2. The van der Waals surface area contributed by atoms with E-state index in [2.05, 4.69) is 23.2 Å². The van der Waals surface area contributed by atoms with Gasteiger partial charge in [0.05, 0.1) is 0 Å². The zero-order valence-electron chi connectivity index (χ0n) is 15.4. The number of carbonyl (C=O) groups is 3. The molecule has 1 N–H and O–H groups in total. The SMILES string of the molecule is C=CCN(CC=C)C(=O)CN1C(=O)N[C@@](C)(c2ccc(OC(F)F)cc2)C1=O. The third-order valence-electron chi connectivity index (χ3n) is 4.28. The van der Waals surface area contributed by atoms with Crippen LogP contribution in [0.25, 0.3) is 0 Å². The number of halogens is 2. The first-order valence-electron chi connectivity index (χ1n) is 8.42. The molecule has 150 valence electrons. The van der Waals surface area contributed by atoms with Crippen LogP contribution in [0.2, 0.25) is 0 Å². The summed E-state index contributed by atoms with van der Waals surface area (Å²) >= 11 is 0. The van der Waals surface area contributed by atoms with Gasteiger partial charge in [0.1, 0.15) is 17.8 Å². The molecule has 1 aromatic rings. The molecule has 1 heterocycles. The zero-order valence-corrected chi connectivity index (χ0v) is 15.4. The molecule has 1 aliphatic heterocycles. The summed E-state index contributed by atoms with van der Waals surface area (Å²) in [4.78, 5) is 39.8. The molecule has 1 saturated heterocycles. The molecule has 7 nitrogen and oxygen atoms in total. The van der Waals surface area contributed by atoms with Crippen molar-refractivity contribution in [1.29, 1.82) is 0 Å². The summed E-state index contributed by atoms with van der Waals surface area (Å²) in [6.45, 7) is 5.71. The van der Waals surface area contributed by atoms with Crippen LogP contribution in [-0.2, 0) is 15.1 Å². The van der Waals surface area contributed by atoms with Crippen LogP contribution in [0.15, 0.2) is 49.6 Å². The number of hydrogen-bond acceptors (Lipinski definition) is 4. The van der Waals surface area contributed by atoms with Crippen molar-refractivity contribution in [3.63, 3.8) is 0 Å². The van der Waals surface area contributed by atoms with Gasteiger partial charge in [0.15, 0.2) is 0 Å². The van der Waals surface area contributed by atoms with Gasteiger partial charge in [-0.15, -0.1) is 13.2 Å². The van der Waals surface area contributed by atoms with Gasteiger partial charge < -0.3 is 15.0 Å². The first-order valence-corrected chi connectivity index (χ1v) is 8.42. The Morgan fingerprint density at radius 1 is 1.25 bits per heavy atom. The molecule has 0 spiro atoms. The van der Waals surface area contributed by atoms with Gasteiger partial charge in [0, 0.05) is 13.1 Å². The summed E-state index contributed by atoms with van der Waals surface area (Å²) in [6.07, 6.45) is 3.06. The minimum Gasteiger partial charge on any atom is -0.435 e. The van der Waals surface area contributed by atoms with Crippen LogP contribution in [0.1, 0.15) is 12.5 Å². The number of imide groups is 1. The number of carbonyl (C=O) groups excluding carboxylic acids is 3. The minimum absolute atomic E-state index is 0.0735. The second-order valence-electron chi connectivity index (χ2n) is 6.23. The Bertz CT molecular complexity index is 772. The fraction of sp³-hybridized carbons (Fsp3) is 0.316. The standard InChI is InChI=1S/C19H21F2N3O4/c1-4-10-23(11-5-2)15(25)12-24-16(26)19(3,22-18(24)27)13-6-8-14(9-7-13)28-17(20)21/h4-9,17H,1-2,10-12H2,3H3,(H,22,27)/t19-/m0/s1. The monoisotopic (exact) mass is 393 g/mol. The van der Waals surface area contributed by atoms with Crippen LogP contribution in [0.3, 0.4) is 0 Å². The van der Waals surface area contributed by atoms with E-state index in [0.29, 0.717) is 5.56 Å². The van der Waals surface area contributed by atoms with Gasteiger partial charge in [-0.2, -0.15) is 8.78 Å². The van der Waals surface area contributed by atoms with E-state index in [1.165, 1.54) is 48.2 Å². The molecule has 9 heteroatoms. The Morgan fingerprint density at radius 3 is 2.32 bits per heavy atom. The molecule has 1 aliphatic rings. The second kappa shape index (κ2) is 8.64. The number of rotatable bonds is 9. The summed E-state index contributed by atoms with van der Waals surface area (Å²) in [5, 5.41) is 2.55. The van der Waals surface area contributed by atoms with E-state index in [4.69, 9.17) is 0 Å². The van der Waals surface area contributed by atoms with E-state index in [1.807, 2.05) is 0 Å². The van der Waals surface area contributed by atoms with Gasteiger partial charge in [-0.25, -0.2) is 4.79 Å². The van der Waals surface area contributed by atoms with Gasteiger partial charge >= 0.3 is 12.6 Å². The van der Waals surface area contributed by atoms with Crippen molar-refractivity contribution >= 4 is 17.8 Å². The van der Waals surface area contributed by atoms with E-state index < -0.39 is 36.5 Å². The van der Waals surface area contributed by atoms with E-state index in [1.54, 1.807) is 0 Å². The van der Waals surface area contributed by atoms with E-state index in [-0.39, 0.29) is 18.8 Å². The fourth-order valence-electron chi connectivity index (χ4n) is 2.83. The molecule has 0 aliphatic carbocycles. The van der Waals surface area contributed by atoms with Crippen molar-refractivity contribution in [3.05, 3.63) is 55.1 Å². The molecule has 1 fully saturated rings. The van der Waals surface area contributed by atoms with Crippen molar-refractivity contribution in [2.75, 3.05) is 19.6 Å². The first kappa shape index (κ1) is 21.1. The number of urea groups is 1. The third kappa shape index (κ3) is 4.36. The second-order valence-corrected chi connectivity index (χ2v) is 6.23. The molecular weight excluding hydrogens is 372 g/mol. The van der Waals surface area contributed by atoms with Gasteiger partial charge in [0.25, 0.3) is 5.91 Å². The van der Waals surface area contributed by atoms with Gasteiger partial charge in [0.2, 0.25) is 5.91 Å². The van der Waals surface area contributed by atoms with Gasteiger partial charge in [-0.1, -0.05) is 24.3 Å². The number of hydrogen-bond donors (Lipinski definition) is 1. The predicted octanol–water partition coefficient (Wildman–Crippen LogP) is 2.26. The van der Waals surface area contributed by atoms with Crippen LogP contribution in [0.5, 0.6) is 5.75 Å². The Hall–Kier alpha value is -3.23. The number of amides is 4. The Morgan fingerprint density at radius 2 is 1.82 bits per heavy atom. The molecule has 0 radical (unpaired) electrons. The maximum absolute atomic E-state index is 12.9. The average Bonchev–Trinajstić information content (AvgIpc) is 2.85. The van der Waals surface area contributed by atoms with E-state index >= 15 is 0 Å². The zero-order chi connectivity index (χ0) is 20.9. The molecule has 0 bridgehead atoms. The minimum atomic E-state index is -2.97. The molecule has 0 aromatic heterocycles. The molecule has 28 heavy (non-hydrogen) atoms. The Labute approximate surface area is 161 Å². The molecule has 0 saturated carbocycles. The van der Waals surface area contributed by atoms with E-state index in [9.17, 15) is 23.2 Å². The average molecular weight is 393 g/mol. The van der Waals surface area contributed by atoms with Crippen molar-refractivity contribution in [2.24, 2.45) is 0 Å². The highest BCUT2D eigenvalue weighted by molar-refractivity contribution is 6.09. The molecular formula is C19H21F2N3O4. The lowest BCUT2D eigenvalue weighted by Gasteiger charge is -2.24. The molecule has 4 amide bonds. The van der Waals surface area contributed by atoms with Crippen molar-refractivity contribution in [3.8, 4) is 5.75 Å². The van der Waals surface area contributed by atoms with Crippen LogP contribution >= 0.6 is 0 Å². The number of benzene rings is 1. The largest absolute Gasteiger partial charge is 0.435 e. The van der Waals surface area contributed by atoms with Crippen molar-refractivity contribution in [1.82, 2.24) is 15.1 Å². The normalized spacial score (nSPS) is 18.8. The number of nitrogens with one attached hydrogen (secondary N) is 1. The fourth-order valence-corrected chi connectivity index (χ4v) is 2.83. The van der Waals surface area contributed by atoms with Crippen LogP contribution in [0.4, 0.5) is 13.6 Å². The molecule has 0 unspecified atom stereocenters. The summed E-state index contributed by atoms with van der Waals surface area (Å²) in [5.41, 5.74) is -1.06. The topological polar surface area (TPSA) is 79.0 Å². The summed E-state index contributed by atoms with van der Waals surface area (Å²) in [7, 11) is 0. The number of nitrogens with zero attached hydrogens (tertiary/aromatic N) is 2. The van der Waals surface area contributed by atoms with Crippen molar-refractivity contribution in [2.45, 2.75) is 19.1 Å². The Kier molecular flexibility index (Phi) is 6.50. The lowest BCUT2D eigenvalue weighted by molar-refractivity contribution is -0.138. The number of ether oxygens (including phenoxy) is 1. The summed E-state index contributed by atoms with van der Waals surface area (Å²) < 4.78 is 28.8.